The molecule has 1 N–H and O–H groups in total. The van der Waals surface area contributed by atoms with E-state index in [0.717, 1.165) is 19.3 Å². The summed E-state index contributed by atoms with van der Waals surface area (Å²) in [6, 6.07) is -0.0156. The second-order valence-electron chi connectivity index (χ2n) is 4.17. The third kappa shape index (κ3) is 5.35. The Hall–Kier alpha value is -0.140. The number of ether oxygens (including phenoxy) is 1. The molecule has 0 amide bonds. The molecule has 0 bridgehead atoms. The van der Waals surface area contributed by atoms with Gasteiger partial charge in [0.05, 0.1) is 12.9 Å². The van der Waals surface area contributed by atoms with Crippen LogP contribution in [-0.2, 0) is 19.6 Å². The lowest BCUT2D eigenvalue weighted by molar-refractivity contribution is -0.140. The van der Waals surface area contributed by atoms with Crippen molar-refractivity contribution in [2.75, 3.05) is 12.9 Å². The van der Waals surface area contributed by atoms with E-state index in [9.17, 15) is 13.2 Å². The molecule has 100 valence electrons. The van der Waals surface area contributed by atoms with Crippen LogP contribution in [0.25, 0.3) is 0 Å². The lowest BCUT2D eigenvalue weighted by Gasteiger charge is -2.15. The van der Waals surface area contributed by atoms with Crippen LogP contribution in [0.15, 0.2) is 0 Å². The van der Waals surface area contributed by atoms with Crippen molar-refractivity contribution in [2.24, 2.45) is 0 Å². The highest BCUT2D eigenvalue weighted by Crippen LogP contribution is 2.26. The molecular weight excluding hydrogens is 310 g/mol. The number of rotatable bonds is 6. The van der Waals surface area contributed by atoms with Gasteiger partial charge in [0.2, 0.25) is 10.0 Å². The van der Waals surface area contributed by atoms with E-state index < -0.39 is 10.0 Å². The molecule has 0 saturated heterocycles. The molecule has 1 fully saturated rings. The van der Waals surface area contributed by atoms with Crippen molar-refractivity contribution in [3.8, 4) is 0 Å². The van der Waals surface area contributed by atoms with Gasteiger partial charge in [0.15, 0.2) is 0 Å². The van der Waals surface area contributed by atoms with E-state index in [4.69, 9.17) is 0 Å². The quantitative estimate of drug-likeness (QED) is 0.587. The van der Waals surface area contributed by atoms with E-state index in [2.05, 4.69) is 25.4 Å². The zero-order chi connectivity index (χ0) is 12.9. The van der Waals surface area contributed by atoms with Crippen molar-refractivity contribution in [3.63, 3.8) is 0 Å². The van der Waals surface area contributed by atoms with Gasteiger partial charge in [0, 0.05) is 17.3 Å². The van der Waals surface area contributed by atoms with Crippen molar-refractivity contribution >= 4 is 31.9 Å². The van der Waals surface area contributed by atoms with E-state index in [0.29, 0.717) is 6.42 Å². The van der Waals surface area contributed by atoms with Gasteiger partial charge < -0.3 is 4.74 Å². The summed E-state index contributed by atoms with van der Waals surface area (Å²) in [5, 5.41) is 0. The first-order valence-corrected chi connectivity index (χ1v) is 8.22. The number of methoxy groups -OCH3 is 1. The van der Waals surface area contributed by atoms with Gasteiger partial charge in [-0.2, -0.15) is 0 Å². The Morgan fingerprint density at radius 3 is 2.71 bits per heavy atom. The second kappa shape index (κ2) is 6.70. The van der Waals surface area contributed by atoms with Crippen LogP contribution in [-0.4, -0.2) is 38.1 Å². The molecule has 1 rings (SSSR count). The summed E-state index contributed by atoms with van der Waals surface area (Å²) in [6.45, 7) is 0. The van der Waals surface area contributed by atoms with Crippen LogP contribution >= 0.6 is 15.9 Å². The Labute approximate surface area is 110 Å². The Morgan fingerprint density at radius 2 is 2.18 bits per heavy atom. The first kappa shape index (κ1) is 14.9. The number of sulfonamides is 1. The highest BCUT2D eigenvalue weighted by Gasteiger charge is 2.28. The second-order valence-corrected chi connectivity index (χ2v) is 7.22. The molecule has 0 heterocycles. The number of halogens is 1. The SMILES string of the molecule is COC(=O)CCCS(=O)(=O)NC1CCCC1Br. The van der Waals surface area contributed by atoms with Crippen molar-refractivity contribution in [2.45, 2.75) is 43.0 Å². The van der Waals surface area contributed by atoms with Gasteiger partial charge in [-0.1, -0.05) is 22.4 Å². The van der Waals surface area contributed by atoms with Gasteiger partial charge in [-0.25, -0.2) is 13.1 Å². The van der Waals surface area contributed by atoms with Crippen molar-refractivity contribution in [1.82, 2.24) is 4.72 Å². The Bertz CT molecular complexity index is 357. The van der Waals surface area contributed by atoms with E-state index in [1.165, 1.54) is 7.11 Å². The summed E-state index contributed by atoms with van der Waals surface area (Å²) in [4.78, 5) is 11.1. The van der Waals surface area contributed by atoms with Gasteiger partial charge in [-0.15, -0.1) is 0 Å². The summed E-state index contributed by atoms with van der Waals surface area (Å²) in [5.74, 6) is -0.405. The largest absolute Gasteiger partial charge is 0.469 e. The molecule has 0 aromatic carbocycles. The fourth-order valence-electron chi connectivity index (χ4n) is 1.85. The summed E-state index contributed by atoms with van der Waals surface area (Å²) in [6.07, 6.45) is 3.33. The predicted molar refractivity (Wildman–Crippen MR) is 68.5 cm³/mol. The maximum absolute atomic E-state index is 11.7. The molecule has 2 atom stereocenters. The van der Waals surface area contributed by atoms with Crippen LogP contribution in [0.5, 0.6) is 0 Å². The predicted octanol–water partition coefficient (Wildman–Crippen LogP) is 1.17. The third-order valence-electron chi connectivity index (χ3n) is 2.78. The lowest BCUT2D eigenvalue weighted by Crippen LogP contribution is -2.39. The molecule has 1 aliphatic carbocycles. The minimum atomic E-state index is -3.29. The number of nitrogens with one attached hydrogen (secondary N) is 1. The molecule has 0 radical (unpaired) electrons. The summed E-state index contributed by atoms with van der Waals surface area (Å²) in [5.41, 5.74) is 0. The molecule has 2 unspecified atom stereocenters. The van der Waals surface area contributed by atoms with Crippen LogP contribution in [0.1, 0.15) is 32.1 Å². The summed E-state index contributed by atoms with van der Waals surface area (Å²) >= 11 is 3.46. The third-order valence-corrected chi connectivity index (χ3v) is 5.37. The van der Waals surface area contributed by atoms with E-state index in [1.807, 2.05) is 0 Å². The molecule has 0 aromatic rings. The number of hydrogen-bond acceptors (Lipinski definition) is 4. The van der Waals surface area contributed by atoms with Crippen molar-refractivity contribution in [1.29, 1.82) is 0 Å². The molecule has 0 spiro atoms. The number of hydrogen-bond donors (Lipinski definition) is 1. The number of carbonyl (C=O) groups is 1. The standard InChI is InChI=1S/C10H18BrNO4S/c1-16-10(13)6-3-7-17(14,15)12-9-5-2-4-8(9)11/h8-9,12H,2-7H2,1H3. The van der Waals surface area contributed by atoms with E-state index in [1.54, 1.807) is 0 Å². The molecule has 17 heavy (non-hydrogen) atoms. The van der Waals surface area contributed by atoms with Gasteiger partial charge >= 0.3 is 5.97 Å². The lowest BCUT2D eigenvalue weighted by atomic mass is 10.3. The van der Waals surface area contributed by atoms with Crippen molar-refractivity contribution < 1.29 is 17.9 Å². The highest BCUT2D eigenvalue weighted by molar-refractivity contribution is 9.09. The molecule has 0 aliphatic heterocycles. The molecule has 5 nitrogen and oxygen atoms in total. The van der Waals surface area contributed by atoms with Crippen molar-refractivity contribution in [3.05, 3.63) is 0 Å². The Morgan fingerprint density at radius 1 is 1.47 bits per heavy atom. The van der Waals surface area contributed by atoms with Crippen LogP contribution in [0, 0.1) is 0 Å². The van der Waals surface area contributed by atoms with Gasteiger partial charge in [0.25, 0.3) is 0 Å². The number of alkyl halides is 1. The number of carbonyl (C=O) groups excluding carboxylic acids is 1. The maximum atomic E-state index is 11.7. The normalized spacial score (nSPS) is 24.8. The molecule has 1 saturated carbocycles. The molecular formula is C10H18BrNO4S. The zero-order valence-corrected chi connectivity index (χ0v) is 12.2. The molecule has 7 heteroatoms. The highest BCUT2D eigenvalue weighted by atomic mass is 79.9. The first-order valence-electron chi connectivity index (χ1n) is 5.65. The fourth-order valence-corrected chi connectivity index (χ4v) is 4.13. The fraction of sp³-hybridized carbons (Fsp3) is 0.900. The Balaban J connectivity index is 2.33. The van der Waals surface area contributed by atoms with Crippen LogP contribution in [0.3, 0.4) is 0 Å². The maximum Gasteiger partial charge on any atom is 0.305 e. The smallest absolute Gasteiger partial charge is 0.305 e. The van der Waals surface area contributed by atoms with Crippen LogP contribution in [0.4, 0.5) is 0 Å². The van der Waals surface area contributed by atoms with E-state index >= 15 is 0 Å². The van der Waals surface area contributed by atoms with Gasteiger partial charge in [-0.3, -0.25) is 4.79 Å². The first-order chi connectivity index (χ1) is 7.94. The van der Waals surface area contributed by atoms with Crippen LogP contribution < -0.4 is 4.72 Å². The zero-order valence-electron chi connectivity index (χ0n) is 9.82. The molecule has 0 aromatic heterocycles. The average molecular weight is 328 g/mol. The van der Waals surface area contributed by atoms with Gasteiger partial charge in [0.1, 0.15) is 0 Å². The number of esters is 1. The summed E-state index contributed by atoms with van der Waals surface area (Å²) < 4.78 is 30.6. The van der Waals surface area contributed by atoms with Gasteiger partial charge in [-0.05, 0) is 19.3 Å². The summed E-state index contributed by atoms with van der Waals surface area (Å²) in [7, 11) is -1.99. The van der Waals surface area contributed by atoms with Crippen LogP contribution in [0.2, 0.25) is 0 Å². The van der Waals surface area contributed by atoms with E-state index in [-0.39, 0.29) is 29.0 Å². The minimum Gasteiger partial charge on any atom is -0.469 e. The Kier molecular flexibility index (Phi) is 5.88. The monoisotopic (exact) mass is 327 g/mol. The average Bonchev–Trinajstić information content (AvgIpc) is 2.63. The topological polar surface area (TPSA) is 72.5 Å². The molecule has 1 aliphatic rings. The minimum absolute atomic E-state index is 0.0156.